The lowest BCUT2D eigenvalue weighted by molar-refractivity contribution is -0.133. The molecule has 2 fully saturated rings. The quantitative estimate of drug-likeness (QED) is 0.483. The number of benzene rings is 3. The van der Waals surface area contributed by atoms with Gasteiger partial charge in [0.1, 0.15) is 11.3 Å². The van der Waals surface area contributed by atoms with Gasteiger partial charge in [-0.25, -0.2) is 0 Å². The standard InChI is InChI=1S/C31H34N4O3/c36-29-27-13-7-8-14-28(27)38-24-34(29)22-21-32-19-16-31(17-20-32)30(37)33(18-15-25-9-3-1-4-10-25)23-35(31)26-11-5-2-6-12-26/h1-14H,15-24H2. The predicted octanol–water partition coefficient (Wildman–Crippen LogP) is 3.86. The molecule has 38 heavy (non-hydrogen) atoms. The summed E-state index contributed by atoms with van der Waals surface area (Å²) in [5.41, 5.74) is 2.46. The molecule has 7 heteroatoms. The van der Waals surface area contributed by atoms with Crippen molar-refractivity contribution < 1.29 is 14.3 Å². The highest BCUT2D eigenvalue weighted by Gasteiger charge is 2.53. The van der Waals surface area contributed by atoms with Gasteiger partial charge in [-0.15, -0.1) is 0 Å². The average Bonchev–Trinajstić information content (AvgIpc) is 3.24. The van der Waals surface area contributed by atoms with Crippen molar-refractivity contribution in [3.63, 3.8) is 0 Å². The third-order valence-corrected chi connectivity index (χ3v) is 8.25. The van der Waals surface area contributed by atoms with E-state index in [0.717, 1.165) is 51.1 Å². The summed E-state index contributed by atoms with van der Waals surface area (Å²) in [6, 6.07) is 28.1. The number of likely N-dealkylation sites (tertiary alicyclic amines) is 1. The van der Waals surface area contributed by atoms with Crippen LogP contribution in [0.1, 0.15) is 28.8 Å². The predicted molar refractivity (Wildman–Crippen MR) is 147 cm³/mol. The van der Waals surface area contributed by atoms with E-state index >= 15 is 0 Å². The summed E-state index contributed by atoms with van der Waals surface area (Å²) >= 11 is 0. The van der Waals surface area contributed by atoms with Crippen molar-refractivity contribution in [3.8, 4) is 5.75 Å². The molecule has 1 spiro atoms. The maximum absolute atomic E-state index is 14.0. The fraction of sp³-hybridized carbons (Fsp3) is 0.355. The minimum atomic E-state index is -0.516. The van der Waals surface area contributed by atoms with Gasteiger partial charge in [-0.2, -0.15) is 0 Å². The first-order valence-electron chi connectivity index (χ1n) is 13.5. The Kier molecular flexibility index (Phi) is 6.77. The summed E-state index contributed by atoms with van der Waals surface area (Å²) in [5.74, 6) is 0.926. The molecular weight excluding hydrogens is 476 g/mol. The van der Waals surface area contributed by atoms with Crippen LogP contribution in [0.25, 0.3) is 0 Å². The third-order valence-electron chi connectivity index (χ3n) is 8.25. The van der Waals surface area contributed by atoms with Crippen LogP contribution in [0.3, 0.4) is 0 Å². The van der Waals surface area contributed by atoms with Crippen LogP contribution in [-0.2, 0) is 11.2 Å². The molecule has 2 saturated heterocycles. The molecule has 7 nitrogen and oxygen atoms in total. The Bertz CT molecular complexity index is 1270. The first-order chi connectivity index (χ1) is 18.6. The summed E-state index contributed by atoms with van der Waals surface area (Å²) in [6.07, 6.45) is 2.40. The fourth-order valence-corrected chi connectivity index (χ4v) is 6.00. The van der Waals surface area contributed by atoms with E-state index in [1.807, 2.05) is 53.4 Å². The summed E-state index contributed by atoms with van der Waals surface area (Å²) < 4.78 is 5.80. The van der Waals surface area contributed by atoms with Crippen molar-refractivity contribution in [2.75, 3.05) is 51.0 Å². The van der Waals surface area contributed by atoms with Gasteiger partial charge in [-0.05, 0) is 49.1 Å². The average molecular weight is 511 g/mol. The normalized spacial score (nSPS) is 19.1. The van der Waals surface area contributed by atoms with E-state index < -0.39 is 5.54 Å². The molecule has 0 unspecified atom stereocenters. The van der Waals surface area contributed by atoms with Crippen LogP contribution in [0.2, 0.25) is 0 Å². The van der Waals surface area contributed by atoms with Gasteiger partial charge >= 0.3 is 0 Å². The number of anilines is 1. The van der Waals surface area contributed by atoms with Crippen molar-refractivity contribution >= 4 is 17.5 Å². The molecular formula is C31H34N4O3. The molecule has 0 aliphatic carbocycles. The zero-order valence-corrected chi connectivity index (χ0v) is 21.7. The van der Waals surface area contributed by atoms with E-state index in [0.29, 0.717) is 24.5 Å². The first-order valence-corrected chi connectivity index (χ1v) is 13.5. The van der Waals surface area contributed by atoms with E-state index in [9.17, 15) is 9.59 Å². The molecule has 3 aliphatic heterocycles. The molecule has 6 rings (SSSR count). The van der Waals surface area contributed by atoms with E-state index in [2.05, 4.69) is 46.2 Å². The number of fused-ring (bicyclic) bond motifs is 1. The maximum atomic E-state index is 14.0. The number of carbonyl (C=O) groups excluding carboxylic acids is 2. The van der Waals surface area contributed by atoms with Crippen LogP contribution in [0.5, 0.6) is 5.75 Å². The Hall–Kier alpha value is -3.84. The van der Waals surface area contributed by atoms with Gasteiger partial charge < -0.3 is 24.3 Å². The largest absolute Gasteiger partial charge is 0.472 e. The molecule has 0 bridgehead atoms. The van der Waals surface area contributed by atoms with Gasteiger partial charge in [0.05, 0.1) is 12.2 Å². The maximum Gasteiger partial charge on any atom is 0.260 e. The number of ether oxygens (including phenoxy) is 1. The number of rotatable bonds is 7. The van der Waals surface area contributed by atoms with Gasteiger partial charge in [-0.1, -0.05) is 60.7 Å². The Labute approximate surface area is 224 Å². The second-order valence-electron chi connectivity index (χ2n) is 10.4. The highest BCUT2D eigenvalue weighted by molar-refractivity contribution is 5.97. The smallest absolute Gasteiger partial charge is 0.260 e. The van der Waals surface area contributed by atoms with Gasteiger partial charge in [0.15, 0.2) is 6.73 Å². The number of hydrogen-bond donors (Lipinski definition) is 0. The van der Waals surface area contributed by atoms with Crippen LogP contribution in [-0.4, -0.2) is 78.2 Å². The van der Waals surface area contributed by atoms with Crippen molar-refractivity contribution in [3.05, 3.63) is 96.1 Å². The number of para-hydroxylation sites is 2. The van der Waals surface area contributed by atoms with Gasteiger partial charge in [0.2, 0.25) is 5.91 Å². The van der Waals surface area contributed by atoms with E-state index in [1.165, 1.54) is 5.56 Å². The topological polar surface area (TPSA) is 56.3 Å². The summed E-state index contributed by atoms with van der Waals surface area (Å²) in [6.45, 7) is 4.64. The molecule has 0 saturated carbocycles. The number of piperidine rings is 1. The molecule has 3 aliphatic rings. The number of nitrogens with zero attached hydrogens (tertiary/aromatic N) is 4. The van der Waals surface area contributed by atoms with Crippen LogP contribution < -0.4 is 9.64 Å². The lowest BCUT2D eigenvalue weighted by atomic mass is 9.85. The molecule has 0 atom stereocenters. The molecule has 3 heterocycles. The van der Waals surface area contributed by atoms with Crippen molar-refractivity contribution in [2.45, 2.75) is 24.8 Å². The molecule has 2 amide bonds. The van der Waals surface area contributed by atoms with Gasteiger partial charge in [0, 0.05) is 38.4 Å². The van der Waals surface area contributed by atoms with Crippen LogP contribution in [0.15, 0.2) is 84.9 Å². The molecule has 3 aromatic carbocycles. The summed E-state index contributed by atoms with van der Waals surface area (Å²) in [5, 5.41) is 0. The number of hydrogen-bond acceptors (Lipinski definition) is 5. The van der Waals surface area contributed by atoms with Crippen LogP contribution in [0.4, 0.5) is 5.69 Å². The Morgan fingerprint density at radius 2 is 1.42 bits per heavy atom. The summed E-state index contributed by atoms with van der Waals surface area (Å²) in [7, 11) is 0. The SMILES string of the molecule is O=C1c2ccccc2OCN1CCN1CCC2(CC1)C(=O)N(CCc1ccccc1)CN2c1ccccc1. The molecule has 0 aromatic heterocycles. The highest BCUT2D eigenvalue weighted by atomic mass is 16.5. The highest BCUT2D eigenvalue weighted by Crippen LogP contribution is 2.39. The molecule has 0 radical (unpaired) electrons. The van der Waals surface area contributed by atoms with E-state index in [4.69, 9.17) is 4.74 Å². The first kappa shape index (κ1) is 24.5. The van der Waals surface area contributed by atoms with Gasteiger partial charge in [-0.3, -0.25) is 9.59 Å². The monoisotopic (exact) mass is 510 g/mol. The Balaban J connectivity index is 1.11. The molecule has 0 N–H and O–H groups in total. The lowest BCUT2D eigenvalue weighted by Gasteiger charge is -2.43. The minimum Gasteiger partial charge on any atom is -0.472 e. The van der Waals surface area contributed by atoms with Crippen molar-refractivity contribution in [1.82, 2.24) is 14.7 Å². The van der Waals surface area contributed by atoms with E-state index in [-0.39, 0.29) is 18.5 Å². The second-order valence-corrected chi connectivity index (χ2v) is 10.4. The second kappa shape index (κ2) is 10.5. The Morgan fingerprint density at radius 3 is 2.18 bits per heavy atom. The number of carbonyl (C=O) groups is 2. The van der Waals surface area contributed by atoms with Crippen molar-refractivity contribution in [2.24, 2.45) is 0 Å². The zero-order chi connectivity index (χ0) is 26.0. The minimum absolute atomic E-state index is 0.0237. The van der Waals surface area contributed by atoms with Crippen LogP contribution in [0, 0.1) is 0 Å². The Morgan fingerprint density at radius 1 is 0.737 bits per heavy atom. The lowest BCUT2D eigenvalue weighted by Crippen LogP contribution is -2.57. The van der Waals surface area contributed by atoms with E-state index in [1.54, 1.807) is 4.90 Å². The van der Waals surface area contributed by atoms with Gasteiger partial charge in [0.25, 0.3) is 5.91 Å². The number of amides is 2. The third kappa shape index (κ3) is 4.63. The van der Waals surface area contributed by atoms with Crippen molar-refractivity contribution in [1.29, 1.82) is 0 Å². The summed E-state index contributed by atoms with van der Waals surface area (Å²) in [4.78, 5) is 35.4. The zero-order valence-electron chi connectivity index (χ0n) is 21.7. The van der Waals surface area contributed by atoms with Crippen LogP contribution >= 0.6 is 0 Å². The molecule has 196 valence electrons. The fourth-order valence-electron chi connectivity index (χ4n) is 6.00. The molecule has 3 aromatic rings.